The van der Waals surface area contributed by atoms with Crippen molar-refractivity contribution in [2.75, 3.05) is 31.1 Å². The first-order valence-corrected chi connectivity index (χ1v) is 8.63. The fourth-order valence-electron chi connectivity index (χ4n) is 2.81. The summed E-state index contributed by atoms with van der Waals surface area (Å²) in [5, 5.41) is 3.04. The van der Waals surface area contributed by atoms with Crippen LogP contribution in [0.3, 0.4) is 0 Å². The Morgan fingerprint density at radius 2 is 2.17 bits per heavy atom. The second-order valence-electron chi connectivity index (χ2n) is 6.52. The standard InChI is InChI=1S/C18H29N3O2/c1-14(2)23-12-4-8-20-18(22)16-6-10-21(11-7-16)17-13-15(3)5-9-19-17/h5,9,13-14,16H,4,6-8,10-12H2,1-3H3,(H,20,22). The number of pyridine rings is 1. The lowest BCUT2D eigenvalue weighted by Gasteiger charge is -2.32. The van der Waals surface area contributed by atoms with Crippen LogP contribution in [0.2, 0.25) is 0 Å². The van der Waals surface area contributed by atoms with Crippen molar-refractivity contribution in [1.82, 2.24) is 10.3 Å². The quantitative estimate of drug-likeness (QED) is 0.785. The maximum absolute atomic E-state index is 12.2. The van der Waals surface area contributed by atoms with E-state index in [1.54, 1.807) is 0 Å². The lowest BCUT2D eigenvalue weighted by molar-refractivity contribution is -0.125. The summed E-state index contributed by atoms with van der Waals surface area (Å²) in [4.78, 5) is 18.9. The fourth-order valence-corrected chi connectivity index (χ4v) is 2.81. The normalized spacial score (nSPS) is 15.9. The van der Waals surface area contributed by atoms with Crippen molar-refractivity contribution in [2.45, 2.75) is 46.1 Å². The molecule has 0 unspecified atom stereocenters. The molecule has 23 heavy (non-hydrogen) atoms. The van der Waals surface area contributed by atoms with E-state index in [1.807, 2.05) is 26.1 Å². The highest BCUT2D eigenvalue weighted by atomic mass is 16.5. The number of nitrogens with one attached hydrogen (secondary N) is 1. The van der Waals surface area contributed by atoms with Gasteiger partial charge < -0.3 is 15.0 Å². The van der Waals surface area contributed by atoms with E-state index in [0.29, 0.717) is 13.2 Å². The predicted molar refractivity (Wildman–Crippen MR) is 92.6 cm³/mol. The topological polar surface area (TPSA) is 54.5 Å². The molecule has 1 aliphatic heterocycles. The van der Waals surface area contributed by atoms with E-state index in [2.05, 4.69) is 28.2 Å². The molecule has 0 bridgehead atoms. The van der Waals surface area contributed by atoms with E-state index < -0.39 is 0 Å². The van der Waals surface area contributed by atoms with Crippen LogP contribution < -0.4 is 10.2 Å². The lowest BCUT2D eigenvalue weighted by atomic mass is 9.96. The highest BCUT2D eigenvalue weighted by Gasteiger charge is 2.25. The van der Waals surface area contributed by atoms with Crippen molar-refractivity contribution >= 4 is 11.7 Å². The SMILES string of the molecule is Cc1ccnc(N2CCC(C(=O)NCCCOC(C)C)CC2)c1. The van der Waals surface area contributed by atoms with E-state index in [-0.39, 0.29) is 17.9 Å². The minimum Gasteiger partial charge on any atom is -0.379 e. The molecule has 1 saturated heterocycles. The molecule has 0 spiro atoms. The molecule has 0 atom stereocenters. The number of anilines is 1. The second-order valence-corrected chi connectivity index (χ2v) is 6.52. The first-order valence-electron chi connectivity index (χ1n) is 8.63. The van der Waals surface area contributed by atoms with E-state index in [0.717, 1.165) is 38.2 Å². The number of carbonyl (C=O) groups excluding carboxylic acids is 1. The predicted octanol–water partition coefficient (Wildman–Crippen LogP) is 2.54. The number of aryl methyl sites for hydroxylation is 1. The first kappa shape index (κ1) is 17.7. The third kappa shape index (κ3) is 5.82. The highest BCUT2D eigenvalue weighted by Crippen LogP contribution is 2.22. The van der Waals surface area contributed by atoms with Crippen molar-refractivity contribution in [2.24, 2.45) is 5.92 Å². The second kappa shape index (κ2) is 8.87. The number of aromatic nitrogens is 1. The molecule has 0 radical (unpaired) electrons. The van der Waals surface area contributed by atoms with Crippen molar-refractivity contribution in [3.63, 3.8) is 0 Å². The Hall–Kier alpha value is -1.62. The molecule has 5 nitrogen and oxygen atoms in total. The molecule has 1 aliphatic rings. The van der Waals surface area contributed by atoms with Gasteiger partial charge in [-0.25, -0.2) is 4.98 Å². The van der Waals surface area contributed by atoms with E-state index in [9.17, 15) is 4.79 Å². The van der Waals surface area contributed by atoms with Crippen LogP contribution >= 0.6 is 0 Å². The molecule has 1 fully saturated rings. The van der Waals surface area contributed by atoms with Crippen molar-refractivity contribution in [1.29, 1.82) is 0 Å². The number of ether oxygens (including phenoxy) is 1. The number of piperidine rings is 1. The van der Waals surface area contributed by atoms with Crippen LogP contribution in [0, 0.1) is 12.8 Å². The lowest BCUT2D eigenvalue weighted by Crippen LogP contribution is -2.41. The van der Waals surface area contributed by atoms with Crippen LogP contribution in [0.15, 0.2) is 18.3 Å². The number of carbonyl (C=O) groups is 1. The Morgan fingerprint density at radius 1 is 1.43 bits per heavy atom. The Balaban J connectivity index is 1.68. The molecule has 1 amide bonds. The van der Waals surface area contributed by atoms with Gasteiger partial charge in [0.1, 0.15) is 5.82 Å². The fraction of sp³-hybridized carbons (Fsp3) is 0.667. The third-order valence-corrected chi connectivity index (χ3v) is 4.16. The third-order valence-electron chi connectivity index (χ3n) is 4.16. The number of hydrogen-bond donors (Lipinski definition) is 1. The van der Waals surface area contributed by atoms with Gasteiger partial charge in [0.05, 0.1) is 6.10 Å². The highest BCUT2D eigenvalue weighted by molar-refractivity contribution is 5.78. The maximum atomic E-state index is 12.2. The molecule has 2 rings (SSSR count). The zero-order chi connectivity index (χ0) is 16.7. The summed E-state index contributed by atoms with van der Waals surface area (Å²) < 4.78 is 5.48. The van der Waals surface area contributed by atoms with Gasteiger partial charge in [0.25, 0.3) is 0 Å². The van der Waals surface area contributed by atoms with Gasteiger partial charge in [-0.1, -0.05) is 0 Å². The summed E-state index contributed by atoms with van der Waals surface area (Å²) in [5.41, 5.74) is 1.22. The molecule has 0 aliphatic carbocycles. The summed E-state index contributed by atoms with van der Waals surface area (Å²) >= 11 is 0. The summed E-state index contributed by atoms with van der Waals surface area (Å²) in [6.07, 6.45) is 4.76. The summed E-state index contributed by atoms with van der Waals surface area (Å²) in [5.74, 6) is 1.34. The molecule has 1 aromatic rings. The Kier molecular flexibility index (Phi) is 6.84. The average Bonchev–Trinajstić information content (AvgIpc) is 2.54. The molecule has 0 saturated carbocycles. The summed E-state index contributed by atoms with van der Waals surface area (Å²) in [7, 11) is 0. The monoisotopic (exact) mass is 319 g/mol. The Bertz CT molecular complexity index is 497. The van der Waals surface area contributed by atoms with Gasteiger partial charge in [-0.05, 0) is 57.7 Å². The minimum absolute atomic E-state index is 0.127. The number of nitrogens with zero attached hydrogens (tertiary/aromatic N) is 2. The average molecular weight is 319 g/mol. The summed E-state index contributed by atoms with van der Waals surface area (Å²) in [6, 6.07) is 4.11. The zero-order valence-corrected chi connectivity index (χ0v) is 14.5. The largest absolute Gasteiger partial charge is 0.379 e. The van der Waals surface area contributed by atoms with Crippen LogP contribution in [0.25, 0.3) is 0 Å². The van der Waals surface area contributed by atoms with Crippen molar-refractivity contribution in [3.8, 4) is 0 Å². The smallest absolute Gasteiger partial charge is 0.223 e. The van der Waals surface area contributed by atoms with Gasteiger partial charge in [-0.2, -0.15) is 0 Å². The number of hydrogen-bond acceptors (Lipinski definition) is 4. The molecule has 1 N–H and O–H groups in total. The van der Waals surface area contributed by atoms with Crippen LogP contribution in [0.4, 0.5) is 5.82 Å². The van der Waals surface area contributed by atoms with Crippen LogP contribution in [-0.4, -0.2) is 43.2 Å². The van der Waals surface area contributed by atoms with Crippen molar-refractivity contribution in [3.05, 3.63) is 23.9 Å². The van der Waals surface area contributed by atoms with Gasteiger partial charge in [-0.15, -0.1) is 0 Å². The zero-order valence-electron chi connectivity index (χ0n) is 14.5. The Labute approximate surface area is 139 Å². The van der Waals surface area contributed by atoms with Gasteiger partial charge in [0.15, 0.2) is 0 Å². The first-order chi connectivity index (χ1) is 11.1. The molecule has 1 aromatic heterocycles. The molecule has 128 valence electrons. The van der Waals surface area contributed by atoms with Gasteiger partial charge in [-0.3, -0.25) is 4.79 Å². The van der Waals surface area contributed by atoms with Crippen LogP contribution in [0.5, 0.6) is 0 Å². The van der Waals surface area contributed by atoms with Gasteiger partial charge >= 0.3 is 0 Å². The van der Waals surface area contributed by atoms with Crippen molar-refractivity contribution < 1.29 is 9.53 Å². The van der Waals surface area contributed by atoms with Crippen LogP contribution in [-0.2, 0) is 9.53 Å². The van der Waals surface area contributed by atoms with E-state index in [4.69, 9.17) is 4.74 Å². The van der Waals surface area contributed by atoms with Crippen LogP contribution in [0.1, 0.15) is 38.7 Å². The molecule has 0 aromatic carbocycles. The summed E-state index contributed by atoms with van der Waals surface area (Å²) in [6.45, 7) is 9.32. The molecular weight excluding hydrogens is 290 g/mol. The maximum Gasteiger partial charge on any atom is 0.223 e. The van der Waals surface area contributed by atoms with E-state index >= 15 is 0 Å². The number of amides is 1. The minimum atomic E-state index is 0.127. The molecular formula is C18H29N3O2. The molecule has 2 heterocycles. The van der Waals surface area contributed by atoms with Gasteiger partial charge in [0.2, 0.25) is 5.91 Å². The number of rotatable bonds is 7. The molecule has 5 heteroatoms. The van der Waals surface area contributed by atoms with Gasteiger partial charge in [0, 0.05) is 38.4 Å². The van der Waals surface area contributed by atoms with E-state index in [1.165, 1.54) is 5.56 Å². The Morgan fingerprint density at radius 3 is 2.83 bits per heavy atom.